The van der Waals surface area contributed by atoms with Gasteiger partial charge in [0, 0.05) is 23.2 Å². The molecule has 150 valence electrons. The van der Waals surface area contributed by atoms with E-state index in [9.17, 15) is 25.0 Å². The summed E-state index contributed by atoms with van der Waals surface area (Å²) in [6.45, 7) is 0. The van der Waals surface area contributed by atoms with E-state index in [1.165, 1.54) is 12.1 Å². The van der Waals surface area contributed by atoms with E-state index >= 15 is 0 Å². The first-order chi connectivity index (χ1) is 14.0. The number of hydrogen-bond donors (Lipinski definition) is 1. The van der Waals surface area contributed by atoms with Gasteiger partial charge in [-0.1, -0.05) is 29.8 Å². The van der Waals surface area contributed by atoms with E-state index < -0.39 is 21.9 Å². The Hall–Kier alpha value is -3.82. The lowest BCUT2D eigenvalue weighted by molar-refractivity contribution is -0.394. The average molecular weight is 398 g/mol. The smallest absolute Gasteiger partial charge is 0.298 e. The van der Waals surface area contributed by atoms with Crippen LogP contribution in [0.4, 0.5) is 21.9 Å². The van der Waals surface area contributed by atoms with Crippen molar-refractivity contribution in [3.63, 3.8) is 0 Å². The van der Waals surface area contributed by atoms with Crippen molar-refractivity contribution in [2.45, 2.75) is 31.6 Å². The van der Waals surface area contributed by atoms with Gasteiger partial charge < -0.3 is 0 Å². The zero-order valence-corrected chi connectivity index (χ0v) is 15.3. The minimum Gasteiger partial charge on any atom is -0.298 e. The molecular formula is C19H18N4O6. The molecule has 0 saturated heterocycles. The van der Waals surface area contributed by atoms with Crippen LogP contribution in [0.5, 0.6) is 0 Å². The summed E-state index contributed by atoms with van der Waals surface area (Å²) in [5.41, 5.74) is 0.673. The van der Waals surface area contributed by atoms with Crippen molar-refractivity contribution in [1.82, 2.24) is 0 Å². The van der Waals surface area contributed by atoms with Gasteiger partial charge in [0.2, 0.25) is 0 Å². The van der Waals surface area contributed by atoms with Crippen LogP contribution >= 0.6 is 0 Å². The predicted molar refractivity (Wildman–Crippen MR) is 105 cm³/mol. The molecule has 10 heteroatoms. The minimum atomic E-state index is -0.772. The number of carbonyl (C=O) groups is 1. The molecule has 0 radical (unpaired) electrons. The highest BCUT2D eigenvalue weighted by molar-refractivity contribution is 5.93. The van der Waals surface area contributed by atoms with Crippen LogP contribution in [0.15, 0.2) is 53.7 Å². The molecule has 1 atom stereocenters. The molecule has 1 amide bonds. The Balaban J connectivity index is 1.82. The summed E-state index contributed by atoms with van der Waals surface area (Å²) in [7, 11) is 0. The molecule has 0 unspecified atom stereocenters. The van der Waals surface area contributed by atoms with Gasteiger partial charge in [0.25, 0.3) is 11.4 Å². The van der Waals surface area contributed by atoms with E-state index in [1.54, 1.807) is 30.3 Å². The van der Waals surface area contributed by atoms with Crippen LogP contribution in [0.25, 0.3) is 0 Å². The topological polar surface area (TPSA) is 137 Å². The van der Waals surface area contributed by atoms with Gasteiger partial charge >= 0.3 is 6.09 Å². The van der Waals surface area contributed by atoms with Crippen LogP contribution in [-0.2, 0) is 4.84 Å². The lowest BCUT2D eigenvalue weighted by Crippen LogP contribution is -2.20. The van der Waals surface area contributed by atoms with E-state index in [-0.39, 0.29) is 11.4 Å². The molecule has 3 rings (SSSR count). The third-order valence-corrected chi connectivity index (χ3v) is 4.64. The standard InChI is InChI=1S/C19H18N4O6/c24-19(20-13-6-2-1-3-7-13)29-21-17-9-5-4-8-15(17)16-11-10-14(22(25)26)12-18(16)23(27)28/h1-3,6-7,10-12,15H,4-5,8-9H2,(H,20,24)/b21-17-/t15-/m0/s1. The van der Waals surface area contributed by atoms with Gasteiger partial charge in [-0.05, 0) is 37.5 Å². The maximum absolute atomic E-state index is 12.0. The Morgan fingerprint density at radius 1 is 1.07 bits per heavy atom. The molecule has 1 aliphatic carbocycles. The van der Waals surface area contributed by atoms with Crippen LogP contribution < -0.4 is 5.32 Å². The summed E-state index contributed by atoms with van der Waals surface area (Å²) in [4.78, 5) is 38.0. The maximum atomic E-state index is 12.0. The summed E-state index contributed by atoms with van der Waals surface area (Å²) in [5.74, 6) is -0.450. The molecule has 10 nitrogen and oxygen atoms in total. The van der Waals surface area contributed by atoms with Crippen molar-refractivity contribution in [3.05, 3.63) is 74.3 Å². The van der Waals surface area contributed by atoms with Crippen molar-refractivity contribution in [3.8, 4) is 0 Å². The fraction of sp³-hybridized carbons (Fsp3) is 0.263. The molecule has 1 saturated carbocycles. The van der Waals surface area contributed by atoms with Gasteiger partial charge in [-0.2, -0.15) is 0 Å². The number of non-ortho nitro benzene ring substituents is 1. The molecule has 1 fully saturated rings. The number of oxime groups is 1. The SMILES string of the molecule is O=C(Nc1ccccc1)O/N=C1/CCCC[C@H]1c1ccc([N+](=O)[O-])cc1[N+](=O)[O-]. The van der Waals surface area contributed by atoms with Crippen LogP contribution in [0.2, 0.25) is 0 Å². The third kappa shape index (κ3) is 4.92. The van der Waals surface area contributed by atoms with Gasteiger partial charge in [-0.3, -0.25) is 30.4 Å². The molecule has 1 aliphatic rings. The highest BCUT2D eigenvalue weighted by Crippen LogP contribution is 2.37. The highest BCUT2D eigenvalue weighted by atomic mass is 16.7. The van der Waals surface area contributed by atoms with E-state index in [0.717, 1.165) is 18.9 Å². The summed E-state index contributed by atoms with van der Waals surface area (Å²) in [5, 5.41) is 28.9. The Morgan fingerprint density at radius 2 is 1.83 bits per heavy atom. The van der Waals surface area contributed by atoms with E-state index in [0.29, 0.717) is 29.8 Å². The first-order valence-corrected chi connectivity index (χ1v) is 8.98. The number of benzene rings is 2. The van der Waals surface area contributed by atoms with Crippen molar-refractivity contribution < 1.29 is 19.5 Å². The number of amides is 1. The summed E-state index contributed by atoms with van der Waals surface area (Å²) in [6.07, 6.45) is 1.93. The normalized spacial score (nSPS) is 17.5. The molecular weight excluding hydrogens is 380 g/mol. The molecule has 0 aromatic heterocycles. The van der Waals surface area contributed by atoms with Gasteiger partial charge in [0.15, 0.2) is 0 Å². The monoisotopic (exact) mass is 398 g/mol. The van der Waals surface area contributed by atoms with Crippen LogP contribution in [0.1, 0.15) is 37.2 Å². The third-order valence-electron chi connectivity index (χ3n) is 4.64. The largest absolute Gasteiger partial charge is 0.437 e. The number of carbonyl (C=O) groups excluding carboxylic acids is 1. The molecule has 2 aromatic carbocycles. The number of hydrogen-bond acceptors (Lipinski definition) is 7. The molecule has 2 aromatic rings. The summed E-state index contributed by atoms with van der Waals surface area (Å²) < 4.78 is 0. The first-order valence-electron chi connectivity index (χ1n) is 8.98. The molecule has 1 N–H and O–H groups in total. The van der Waals surface area contributed by atoms with Gasteiger partial charge in [0.1, 0.15) is 0 Å². The second kappa shape index (κ2) is 8.91. The zero-order valence-electron chi connectivity index (χ0n) is 15.3. The average Bonchev–Trinajstić information content (AvgIpc) is 2.72. The lowest BCUT2D eigenvalue weighted by Gasteiger charge is -2.23. The predicted octanol–water partition coefficient (Wildman–Crippen LogP) is 4.77. The highest BCUT2D eigenvalue weighted by Gasteiger charge is 2.31. The zero-order chi connectivity index (χ0) is 20.8. The quantitative estimate of drug-likeness (QED) is 0.438. The second-order valence-electron chi connectivity index (χ2n) is 6.51. The van der Waals surface area contributed by atoms with Gasteiger partial charge in [-0.25, -0.2) is 4.79 Å². The van der Waals surface area contributed by atoms with E-state index in [2.05, 4.69) is 10.5 Å². The molecule has 0 aliphatic heterocycles. The molecule has 0 heterocycles. The Labute approximate surface area is 165 Å². The van der Waals surface area contributed by atoms with Gasteiger partial charge in [-0.15, -0.1) is 0 Å². The number of nitrogens with zero attached hydrogens (tertiary/aromatic N) is 3. The molecule has 0 spiro atoms. The fourth-order valence-electron chi connectivity index (χ4n) is 3.30. The Bertz CT molecular complexity index is 960. The lowest BCUT2D eigenvalue weighted by atomic mass is 9.81. The number of nitro groups is 2. The number of para-hydroxylation sites is 1. The van der Waals surface area contributed by atoms with Crippen molar-refractivity contribution in [2.75, 3.05) is 5.32 Å². The molecule has 29 heavy (non-hydrogen) atoms. The van der Waals surface area contributed by atoms with E-state index in [1.807, 2.05) is 0 Å². The second-order valence-corrected chi connectivity index (χ2v) is 6.51. The Kier molecular flexibility index (Phi) is 6.12. The van der Waals surface area contributed by atoms with Crippen molar-refractivity contribution in [2.24, 2.45) is 5.16 Å². The number of anilines is 1. The van der Waals surface area contributed by atoms with E-state index in [4.69, 9.17) is 4.84 Å². The Morgan fingerprint density at radius 3 is 2.52 bits per heavy atom. The molecule has 0 bridgehead atoms. The van der Waals surface area contributed by atoms with Crippen LogP contribution in [-0.4, -0.2) is 21.7 Å². The number of nitro benzene ring substituents is 2. The van der Waals surface area contributed by atoms with Crippen molar-refractivity contribution in [1.29, 1.82) is 0 Å². The summed E-state index contributed by atoms with van der Waals surface area (Å²) in [6, 6.07) is 12.3. The minimum absolute atomic E-state index is 0.325. The number of rotatable bonds is 5. The number of nitrogens with one attached hydrogen (secondary N) is 1. The van der Waals surface area contributed by atoms with Crippen LogP contribution in [0, 0.1) is 20.2 Å². The first kappa shape index (κ1) is 19.9. The van der Waals surface area contributed by atoms with Gasteiger partial charge in [0.05, 0.1) is 21.6 Å². The maximum Gasteiger partial charge on any atom is 0.437 e. The summed E-state index contributed by atoms with van der Waals surface area (Å²) >= 11 is 0. The fourth-order valence-corrected chi connectivity index (χ4v) is 3.30. The van der Waals surface area contributed by atoms with Crippen molar-refractivity contribution >= 4 is 28.9 Å². The van der Waals surface area contributed by atoms with Crippen LogP contribution in [0.3, 0.4) is 0 Å².